The summed E-state index contributed by atoms with van der Waals surface area (Å²) in [7, 11) is 0. The monoisotopic (exact) mass is 479 g/mol. The van der Waals surface area contributed by atoms with Crippen LogP contribution in [-0.4, -0.2) is 22.9 Å². The van der Waals surface area contributed by atoms with Crippen molar-refractivity contribution in [1.82, 2.24) is 10.2 Å². The minimum absolute atomic E-state index is 0.184. The zero-order chi connectivity index (χ0) is 22.8. The van der Waals surface area contributed by atoms with Crippen molar-refractivity contribution in [2.45, 2.75) is 17.4 Å². The molecule has 0 unspecified atom stereocenters. The number of aryl methyl sites for hydroxylation is 1. The first-order chi connectivity index (χ1) is 16.1. The number of thioether (sulfide) groups is 1. The number of hydrogen-bond acceptors (Lipinski definition) is 7. The Morgan fingerprint density at radius 3 is 2.67 bits per heavy atom. The van der Waals surface area contributed by atoms with Crippen LogP contribution in [0.15, 0.2) is 76.4 Å². The van der Waals surface area contributed by atoms with Crippen LogP contribution in [-0.2, 0) is 4.79 Å². The average Bonchev–Trinajstić information content (AvgIpc) is 3.49. The topological polar surface area (TPSA) is 86.5 Å². The molecule has 0 bridgehead atoms. The maximum absolute atomic E-state index is 13.2. The van der Waals surface area contributed by atoms with Crippen LogP contribution in [0.3, 0.4) is 0 Å². The van der Waals surface area contributed by atoms with Crippen LogP contribution in [0.4, 0.5) is 5.69 Å². The number of nitrogens with zero attached hydrogens (tertiary/aromatic N) is 2. The van der Waals surface area contributed by atoms with E-state index in [1.807, 2.05) is 55.5 Å². The summed E-state index contributed by atoms with van der Waals surface area (Å²) in [5.74, 6) is 1.39. The van der Waals surface area contributed by atoms with Gasteiger partial charge in [0.25, 0.3) is 5.22 Å². The Morgan fingerprint density at radius 2 is 1.85 bits per heavy atom. The van der Waals surface area contributed by atoms with E-state index >= 15 is 0 Å². The molecule has 1 amide bonds. The Bertz CT molecular complexity index is 1310. The third kappa shape index (κ3) is 4.67. The lowest BCUT2D eigenvalue weighted by molar-refractivity contribution is -0.115. The first kappa shape index (κ1) is 21.4. The van der Waals surface area contributed by atoms with Gasteiger partial charge >= 0.3 is 0 Å². The molecule has 0 spiro atoms. The van der Waals surface area contributed by atoms with Crippen molar-refractivity contribution < 1.29 is 18.7 Å². The van der Waals surface area contributed by atoms with Gasteiger partial charge in [-0.2, -0.15) is 0 Å². The molecule has 0 radical (unpaired) electrons. The van der Waals surface area contributed by atoms with E-state index in [2.05, 4.69) is 15.5 Å². The second-order valence-electron chi connectivity index (χ2n) is 7.30. The fourth-order valence-electron chi connectivity index (χ4n) is 3.28. The van der Waals surface area contributed by atoms with E-state index in [1.165, 1.54) is 11.8 Å². The molecule has 0 aliphatic carbocycles. The van der Waals surface area contributed by atoms with Crippen LogP contribution in [0, 0.1) is 6.92 Å². The van der Waals surface area contributed by atoms with Gasteiger partial charge in [-0.05, 0) is 60.1 Å². The van der Waals surface area contributed by atoms with Gasteiger partial charge in [-0.25, -0.2) is 0 Å². The second kappa shape index (κ2) is 9.17. The number of rotatable bonds is 6. The van der Waals surface area contributed by atoms with Gasteiger partial charge in [-0.15, -0.1) is 10.2 Å². The zero-order valence-corrected chi connectivity index (χ0v) is 19.0. The van der Waals surface area contributed by atoms with Crippen LogP contribution < -0.4 is 14.8 Å². The van der Waals surface area contributed by atoms with E-state index in [0.29, 0.717) is 33.7 Å². The number of halogens is 1. The molecule has 1 atom stereocenters. The van der Waals surface area contributed by atoms with Gasteiger partial charge in [-0.1, -0.05) is 48.0 Å². The molecule has 1 aliphatic heterocycles. The van der Waals surface area contributed by atoms with Gasteiger partial charge in [0.1, 0.15) is 5.25 Å². The Kier molecular flexibility index (Phi) is 5.93. The lowest BCUT2D eigenvalue weighted by Gasteiger charge is -2.15. The summed E-state index contributed by atoms with van der Waals surface area (Å²) >= 11 is 7.39. The largest absolute Gasteiger partial charge is 0.454 e. The van der Waals surface area contributed by atoms with Crippen molar-refractivity contribution in [2.24, 2.45) is 0 Å². The SMILES string of the molecule is Cc1ccc(NC(=O)[C@H](Sc2nnc(-c3ccc4c(c3)OCO4)o2)c2ccccc2)cc1Cl. The quantitative estimate of drug-likeness (QED) is 0.344. The molecule has 0 saturated carbocycles. The molecule has 1 N–H and O–H groups in total. The zero-order valence-electron chi connectivity index (χ0n) is 17.4. The van der Waals surface area contributed by atoms with Gasteiger partial charge in [-0.3, -0.25) is 4.79 Å². The maximum Gasteiger partial charge on any atom is 0.277 e. The number of carbonyl (C=O) groups excluding carboxylic acids is 1. The highest BCUT2D eigenvalue weighted by Crippen LogP contribution is 2.39. The summed E-state index contributed by atoms with van der Waals surface area (Å²) in [6, 6.07) is 20.2. The number of amides is 1. The van der Waals surface area contributed by atoms with Crippen LogP contribution in [0.25, 0.3) is 11.5 Å². The Hall–Kier alpha value is -3.49. The molecule has 166 valence electrons. The van der Waals surface area contributed by atoms with Gasteiger partial charge in [0.2, 0.25) is 18.6 Å². The predicted octanol–water partition coefficient (Wildman–Crippen LogP) is 5.90. The van der Waals surface area contributed by atoms with Crippen molar-refractivity contribution in [3.63, 3.8) is 0 Å². The lowest BCUT2D eigenvalue weighted by Crippen LogP contribution is -2.19. The molecular weight excluding hydrogens is 462 g/mol. The molecule has 33 heavy (non-hydrogen) atoms. The Balaban J connectivity index is 1.39. The molecule has 1 aromatic heterocycles. The smallest absolute Gasteiger partial charge is 0.277 e. The molecule has 3 aromatic carbocycles. The van der Waals surface area contributed by atoms with Crippen LogP contribution >= 0.6 is 23.4 Å². The van der Waals surface area contributed by atoms with Gasteiger partial charge in [0, 0.05) is 16.3 Å². The van der Waals surface area contributed by atoms with Crippen LogP contribution in [0.5, 0.6) is 11.5 Å². The fourth-order valence-corrected chi connectivity index (χ4v) is 4.34. The molecule has 0 fully saturated rings. The highest BCUT2D eigenvalue weighted by atomic mass is 35.5. The number of carbonyl (C=O) groups is 1. The standard InChI is InChI=1S/C24H18ClN3O4S/c1-14-7-9-17(12-18(14)25)26-22(29)21(15-5-3-2-4-6-15)33-24-28-27-23(32-24)16-8-10-19-20(11-16)31-13-30-19/h2-12,21H,13H2,1H3,(H,26,29)/t21-/m1/s1. The number of fused-ring (bicyclic) bond motifs is 1. The summed E-state index contributed by atoms with van der Waals surface area (Å²) in [6.45, 7) is 2.09. The van der Waals surface area contributed by atoms with Crippen LogP contribution in [0.2, 0.25) is 5.02 Å². The van der Waals surface area contributed by atoms with E-state index in [4.69, 9.17) is 25.5 Å². The highest BCUT2D eigenvalue weighted by molar-refractivity contribution is 8.00. The van der Waals surface area contributed by atoms with Crippen molar-refractivity contribution in [1.29, 1.82) is 0 Å². The van der Waals surface area contributed by atoms with Crippen molar-refractivity contribution >= 4 is 35.0 Å². The number of ether oxygens (including phenoxy) is 2. The first-order valence-electron chi connectivity index (χ1n) is 10.1. The third-order valence-corrected chi connectivity index (χ3v) is 6.52. The number of hydrogen-bond donors (Lipinski definition) is 1. The van der Waals surface area contributed by atoms with Gasteiger partial charge < -0.3 is 19.2 Å². The lowest BCUT2D eigenvalue weighted by atomic mass is 10.1. The van der Waals surface area contributed by atoms with E-state index in [-0.39, 0.29) is 17.9 Å². The summed E-state index contributed by atoms with van der Waals surface area (Å²) in [5.41, 5.74) is 3.06. The number of benzene rings is 3. The minimum atomic E-state index is -0.615. The summed E-state index contributed by atoms with van der Waals surface area (Å²) in [6.07, 6.45) is 0. The summed E-state index contributed by atoms with van der Waals surface area (Å²) in [4.78, 5) is 13.2. The Labute approximate surface area is 199 Å². The summed E-state index contributed by atoms with van der Waals surface area (Å²) < 4.78 is 16.6. The van der Waals surface area contributed by atoms with Gasteiger partial charge in [0.05, 0.1) is 0 Å². The van der Waals surface area contributed by atoms with Crippen LogP contribution in [0.1, 0.15) is 16.4 Å². The van der Waals surface area contributed by atoms with E-state index in [9.17, 15) is 4.79 Å². The van der Waals surface area contributed by atoms with E-state index < -0.39 is 5.25 Å². The Morgan fingerprint density at radius 1 is 1.03 bits per heavy atom. The van der Waals surface area contributed by atoms with Crippen molar-refractivity contribution in [3.05, 3.63) is 82.9 Å². The maximum atomic E-state index is 13.2. The molecule has 2 heterocycles. The third-order valence-electron chi connectivity index (χ3n) is 5.02. The summed E-state index contributed by atoms with van der Waals surface area (Å²) in [5, 5.41) is 11.5. The van der Waals surface area contributed by atoms with Crippen molar-refractivity contribution in [2.75, 3.05) is 12.1 Å². The number of aromatic nitrogens is 2. The second-order valence-corrected chi connectivity index (χ2v) is 8.77. The predicted molar refractivity (Wildman–Crippen MR) is 126 cm³/mol. The molecule has 1 aliphatic rings. The molecule has 4 aromatic rings. The van der Waals surface area contributed by atoms with E-state index in [1.54, 1.807) is 18.2 Å². The first-order valence-corrected chi connectivity index (χ1v) is 11.3. The molecule has 0 saturated heterocycles. The fraction of sp³-hybridized carbons (Fsp3) is 0.125. The number of nitrogens with one attached hydrogen (secondary N) is 1. The minimum Gasteiger partial charge on any atom is -0.454 e. The highest BCUT2D eigenvalue weighted by Gasteiger charge is 2.26. The molecule has 5 rings (SSSR count). The molecule has 7 nitrogen and oxygen atoms in total. The normalized spacial score (nSPS) is 13.0. The molecular formula is C24H18ClN3O4S. The number of anilines is 1. The molecule has 9 heteroatoms. The van der Waals surface area contributed by atoms with E-state index in [0.717, 1.165) is 11.1 Å². The van der Waals surface area contributed by atoms with Gasteiger partial charge in [0.15, 0.2) is 11.5 Å². The van der Waals surface area contributed by atoms with Crippen molar-refractivity contribution in [3.8, 4) is 23.0 Å². The average molecular weight is 480 g/mol.